The van der Waals surface area contributed by atoms with E-state index in [1.807, 2.05) is 0 Å². The van der Waals surface area contributed by atoms with Gasteiger partial charge in [0, 0.05) is 18.3 Å². The molecule has 0 aliphatic rings. The molecule has 7 heteroatoms. The van der Waals surface area contributed by atoms with Gasteiger partial charge in [0.1, 0.15) is 5.69 Å². The average molecular weight is 281 g/mol. The molecule has 0 saturated heterocycles. The minimum Gasteiger partial charge on any atom is -0.481 e. The van der Waals surface area contributed by atoms with E-state index in [-0.39, 0.29) is 17.9 Å². The number of hydrogen-bond acceptors (Lipinski definition) is 5. The minimum atomic E-state index is -0.946. The molecule has 0 atom stereocenters. The smallest absolute Gasteiger partial charge is 0.311 e. The van der Waals surface area contributed by atoms with Gasteiger partial charge in [0.2, 0.25) is 0 Å². The molecule has 0 unspecified atom stereocenters. The third kappa shape index (κ3) is 3.17. The molecule has 1 aromatic carbocycles. The molecule has 0 bridgehead atoms. The van der Waals surface area contributed by atoms with Gasteiger partial charge in [-0.15, -0.1) is 0 Å². The molecule has 110 valence electrons. The van der Waals surface area contributed by atoms with E-state index in [1.54, 1.807) is 13.8 Å². The summed E-state index contributed by atoms with van der Waals surface area (Å²) < 4.78 is 0. The zero-order valence-corrected chi connectivity index (χ0v) is 11.5. The van der Waals surface area contributed by atoms with E-state index in [1.165, 1.54) is 18.2 Å². The van der Waals surface area contributed by atoms with Gasteiger partial charge in [-0.3, -0.25) is 14.9 Å². The van der Waals surface area contributed by atoms with Crippen molar-refractivity contribution in [2.75, 3.05) is 17.6 Å². The molecule has 0 saturated carbocycles. The summed E-state index contributed by atoms with van der Waals surface area (Å²) in [6, 6.07) is 4.18. The first-order chi connectivity index (χ1) is 9.36. The van der Waals surface area contributed by atoms with Crippen molar-refractivity contribution < 1.29 is 14.8 Å². The molecule has 4 N–H and O–H groups in total. The molecule has 1 rings (SSSR count). The second-order valence-electron chi connectivity index (χ2n) is 4.68. The standard InChI is InChI=1S/C13H19N3O4/c1-3-13(4-2,12(17)18)8-15-10-7-9(14)5-6-11(10)16(19)20/h5-7,15H,3-4,8,14H2,1-2H3,(H,17,18). The number of rotatable bonds is 7. The van der Waals surface area contributed by atoms with Gasteiger partial charge in [0.15, 0.2) is 0 Å². The SMILES string of the molecule is CCC(CC)(CNc1cc(N)ccc1[N+](=O)[O-])C(=O)O. The maximum atomic E-state index is 11.4. The fourth-order valence-electron chi connectivity index (χ4n) is 2.00. The van der Waals surface area contributed by atoms with Crippen LogP contribution in [0, 0.1) is 15.5 Å². The Morgan fingerprint density at radius 2 is 2.05 bits per heavy atom. The van der Waals surface area contributed by atoms with Gasteiger partial charge in [-0.05, 0) is 25.0 Å². The van der Waals surface area contributed by atoms with Crippen LogP contribution in [-0.2, 0) is 4.79 Å². The molecule has 0 aliphatic heterocycles. The number of nitrogen functional groups attached to an aromatic ring is 1. The number of nitrogens with zero attached hydrogens (tertiary/aromatic N) is 1. The van der Waals surface area contributed by atoms with Gasteiger partial charge in [-0.25, -0.2) is 0 Å². The molecule has 0 amide bonds. The fourth-order valence-corrected chi connectivity index (χ4v) is 2.00. The van der Waals surface area contributed by atoms with Gasteiger partial charge >= 0.3 is 5.97 Å². The summed E-state index contributed by atoms with van der Waals surface area (Å²) in [6.07, 6.45) is 0.865. The van der Waals surface area contributed by atoms with Gasteiger partial charge in [0.25, 0.3) is 5.69 Å². The Morgan fingerprint density at radius 1 is 1.45 bits per heavy atom. The van der Waals surface area contributed by atoms with Crippen LogP contribution in [0.2, 0.25) is 0 Å². The summed E-state index contributed by atoms with van der Waals surface area (Å²) in [7, 11) is 0. The third-order valence-corrected chi connectivity index (χ3v) is 3.64. The average Bonchev–Trinajstić information content (AvgIpc) is 2.39. The highest BCUT2D eigenvalue weighted by Gasteiger charge is 2.35. The van der Waals surface area contributed by atoms with Crippen molar-refractivity contribution in [1.29, 1.82) is 0 Å². The Labute approximate surface area is 116 Å². The summed E-state index contributed by atoms with van der Waals surface area (Å²) in [5, 5.41) is 23.1. The molecule has 0 aromatic heterocycles. The van der Waals surface area contributed by atoms with Crippen molar-refractivity contribution in [3.63, 3.8) is 0 Å². The molecule has 0 aliphatic carbocycles. The number of carbonyl (C=O) groups is 1. The summed E-state index contributed by atoms with van der Waals surface area (Å²) in [5.41, 5.74) is 5.17. The lowest BCUT2D eigenvalue weighted by Gasteiger charge is -2.27. The Morgan fingerprint density at radius 3 is 2.50 bits per heavy atom. The summed E-state index contributed by atoms with van der Waals surface area (Å²) in [4.78, 5) is 21.8. The van der Waals surface area contributed by atoms with Crippen molar-refractivity contribution in [1.82, 2.24) is 0 Å². The zero-order valence-electron chi connectivity index (χ0n) is 11.5. The first kappa shape index (κ1) is 15.7. The van der Waals surface area contributed by atoms with E-state index in [4.69, 9.17) is 5.73 Å². The molecule has 0 radical (unpaired) electrons. The normalized spacial score (nSPS) is 11.1. The Kier molecular flexibility index (Phi) is 4.90. The first-order valence-corrected chi connectivity index (χ1v) is 6.37. The van der Waals surface area contributed by atoms with Gasteiger partial charge in [-0.1, -0.05) is 13.8 Å². The van der Waals surface area contributed by atoms with E-state index < -0.39 is 16.3 Å². The second kappa shape index (κ2) is 6.23. The van der Waals surface area contributed by atoms with E-state index in [2.05, 4.69) is 5.32 Å². The number of hydrogen-bond donors (Lipinski definition) is 3. The van der Waals surface area contributed by atoms with Crippen LogP contribution in [0.4, 0.5) is 17.1 Å². The van der Waals surface area contributed by atoms with Crippen LogP contribution in [-0.4, -0.2) is 22.5 Å². The number of nitro benzene ring substituents is 1. The van der Waals surface area contributed by atoms with E-state index in [9.17, 15) is 20.0 Å². The van der Waals surface area contributed by atoms with Crippen LogP contribution >= 0.6 is 0 Å². The van der Waals surface area contributed by atoms with E-state index in [0.717, 1.165) is 0 Å². The largest absolute Gasteiger partial charge is 0.481 e. The highest BCUT2D eigenvalue weighted by Crippen LogP contribution is 2.31. The predicted molar refractivity (Wildman–Crippen MR) is 76.6 cm³/mol. The Hall–Kier alpha value is -2.31. The number of nitro groups is 1. The lowest BCUT2D eigenvalue weighted by Crippen LogP contribution is -2.37. The maximum Gasteiger partial charge on any atom is 0.311 e. The van der Waals surface area contributed by atoms with Crippen molar-refractivity contribution in [3.05, 3.63) is 28.3 Å². The number of aliphatic carboxylic acids is 1. The van der Waals surface area contributed by atoms with Crippen molar-refractivity contribution in [2.24, 2.45) is 5.41 Å². The van der Waals surface area contributed by atoms with E-state index >= 15 is 0 Å². The van der Waals surface area contributed by atoms with Gasteiger partial charge in [-0.2, -0.15) is 0 Å². The molecular weight excluding hydrogens is 262 g/mol. The minimum absolute atomic E-state index is 0.111. The second-order valence-corrected chi connectivity index (χ2v) is 4.68. The first-order valence-electron chi connectivity index (χ1n) is 6.37. The number of carboxylic acids is 1. The lowest BCUT2D eigenvalue weighted by molar-refractivity contribution is -0.384. The predicted octanol–water partition coefficient (Wildman–Crippen LogP) is 2.48. The summed E-state index contributed by atoms with van der Waals surface area (Å²) in [5.74, 6) is -0.915. The number of nitrogens with two attached hydrogens (primary N) is 1. The van der Waals surface area contributed by atoms with Gasteiger partial charge in [0.05, 0.1) is 10.3 Å². The highest BCUT2D eigenvalue weighted by atomic mass is 16.6. The number of benzene rings is 1. The van der Waals surface area contributed by atoms with Crippen LogP contribution in [0.3, 0.4) is 0 Å². The molecule has 20 heavy (non-hydrogen) atoms. The summed E-state index contributed by atoms with van der Waals surface area (Å²) >= 11 is 0. The van der Waals surface area contributed by atoms with Crippen LogP contribution in [0.1, 0.15) is 26.7 Å². The van der Waals surface area contributed by atoms with Crippen molar-refractivity contribution in [2.45, 2.75) is 26.7 Å². The maximum absolute atomic E-state index is 11.4. The monoisotopic (exact) mass is 281 g/mol. The Bertz CT molecular complexity index is 512. The van der Waals surface area contributed by atoms with E-state index in [0.29, 0.717) is 18.5 Å². The van der Waals surface area contributed by atoms with Crippen LogP contribution in [0.5, 0.6) is 0 Å². The fraction of sp³-hybridized carbons (Fsp3) is 0.462. The topological polar surface area (TPSA) is 118 Å². The zero-order chi connectivity index (χ0) is 15.3. The number of anilines is 2. The quantitative estimate of drug-likeness (QED) is 0.401. The van der Waals surface area contributed by atoms with Crippen molar-refractivity contribution in [3.8, 4) is 0 Å². The Balaban J connectivity index is 3.01. The summed E-state index contributed by atoms with van der Waals surface area (Å²) in [6.45, 7) is 3.68. The molecule has 0 spiro atoms. The molecule has 0 heterocycles. The van der Waals surface area contributed by atoms with Gasteiger partial charge < -0.3 is 16.2 Å². The highest BCUT2D eigenvalue weighted by molar-refractivity contribution is 5.76. The van der Waals surface area contributed by atoms with Crippen LogP contribution in [0.25, 0.3) is 0 Å². The number of carboxylic acid groups (broad SMARTS) is 1. The number of nitrogens with one attached hydrogen (secondary N) is 1. The van der Waals surface area contributed by atoms with Crippen LogP contribution < -0.4 is 11.1 Å². The molecule has 0 fully saturated rings. The third-order valence-electron chi connectivity index (χ3n) is 3.64. The lowest BCUT2D eigenvalue weighted by atomic mass is 9.82. The molecule has 1 aromatic rings. The van der Waals surface area contributed by atoms with Crippen molar-refractivity contribution >= 4 is 23.0 Å². The molecule has 7 nitrogen and oxygen atoms in total. The van der Waals surface area contributed by atoms with Crippen LogP contribution in [0.15, 0.2) is 18.2 Å². The molecular formula is C13H19N3O4.